The van der Waals surface area contributed by atoms with Crippen LogP contribution < -0.4 is 10.6 Å². The fraction of sp³-hybridized carbons (Fsp3) is 0.938. The minimum atomic E-state index is -0.212. The van der Waals surface area contributed by atoms with Gasteiger partial charge in [-0.25, -0.2) is 0 Å². The van der Waals surface area contributed by atoms with Gasteiger partial charge in [0.25, 0.3) is 0 Å². The van der Waals surface area contributed by atoms with Crippen LogP contribution in [0.2, 0.25) is 0 Å². The minimum Gasteiger partial charge on any atom is -0.379 e. The molecule has 0 atom stereocenters. The first kappa shape index (κ1) is 19.2. The van der Waals surface area contributed by atoms with Gasteiger partial charge in [-0.05, 0) is 34.6 Å². The highest BCUT2D eigenvalue weighted by molar-refractivity contribution is 5.79. The maximum Gasteiger partial charge on any atom is 0.191 e. The molecule has 0 unspecified atom stereocenters. The standard InChI is InChI=1S/C16H34N4O2/c1-7-17-14(19-13-16(4,5)21-6)18-12-15(2,3)20-8-10-22-11-9-20/h7-13H2,1-6H3,(H2,17,18,19). The number of nitrogens with zero attached hydrogens (tertiary/aromatic N) is 2. The highest BCUT2D eigenvalue weighted by Crippen LogP contribution is 2.16. The summed E-state index contributed by atoms with van der Waals surface area (Å²) in [5.74, 6) is 0.842. The predicted octanol–water partition coefficient (Wildman–Crippen LogP) is 1.08. The molecule has 1 heterocycles. The lowest BCUT2D eigenvalue weighted by Crippen LogP contribution is -2.52. The summed E-state index contributed by atoms with van der Waals surface area (Å²) in [7, 11) is 1.73. The normalized spacial score (nSPS) is 18.4. The summed E-state index contributed by atoms with van der Waals surface area (Å²) < 4.78 is 10.9. The Morgan fingerprint density at radius 1 is 1.18 bits per heavy atom. The molecule has 6 nitrogen and oxygen atoms in total. The van der Waals surface area contributed by atoms with E-state index in [0.29, 0.717) is 6.54 Å². The SMILES string of the molecule is CCNC(=NCC(C)(C)N1CCOCC1)NCC(C)(C)OC. The summed E-state index contributed by atoms with van der Waals surface area (Å²) in [4.78, 5) is 7.20. The third kappa shape index (κ3) is 6.50. The van der Waals surface area contributed by atoms with Crippen molar-refractivity contribution in [3.8, 4) is 0 Å². The highest BCUT2D eigenvalue weighted by Gasteiger charge is 2.28. The maximum atomic E-state index is 5.44. The molecule has 0 aromatic rings. The number of hydrogen-bond donors (Lipinski definition) is 2. The van der Waals surface area contributed by atoms with Crippen molar-refractivity contribution in [2.45, 2.75) is 45.8 Å². The summed E-state index contributed by atoms with van der Waals surface area (Å²) in [6.07, 6.45) is 0. The van der Waals surface area contributed by atoms with Gasteiger partial charge in [-0.1, -0.05) is 0 Å². The molecule has 0 aromatic carbocycles. The molecule has 130 valence electrons. The van der Waals surface area contributed by atoms with Gasteiger partial charge in [0.1, 0.15) is 0 Å². The van der Waals surface area contributed by atoms with Crippen molar-refractivity contribution in [3.63, 3.8) is 0 Å². The molecule has 2 N–H and O–H groups in total. The average Bonchev–Trinajstić information content (AvgIpc) is 2.51. The largest absolute Gasteiger partial charge is 0.379 e. The molecule has 0 aromatic heterocycles. The van der Waals surface area contributed by atoms with Gasteiger partial charge in [-0.3, -0.25) is 9.89 Å². The van der Waals surface area contributed by atoms with E-state index in [2.05, 4.69) is 50.2 Å². The van der Waals surface area contributed by atoms with Crippen molar-refractivity contribution in [1.29, 1.82) is 0 Å². The van der Waals surface area contributed by atoms with Crippen molar-refractivity contribution in [3.05, 3.63) is 0 Å². The number of nitrogens with one attached hydrogen (secondary N) is 2. The Hall–Kier alpha value is -0.850. The van der Waals surface area contributed by atoms with Crippen LogP contribution in [0.5, 0.6) is 0 Å². The molecule has 0 bridgehead atoms. The third-order valence-corrected chi connectivity index (χ3v) is 4.07. The lowest BCUT2D eigenvalue weighted by molar-refractivity contribution is -0.00686. The second-order valence-electron chi connectivity index (χ2n) is 6.92. The van der Waals surface area contributed by atoms with Gasteiger partial charge in [-0.2, -0.15) is 0 Å². The molecule has 0 saturated carbocycles. The van der Waals surface area contributed by atoms with Crippen LogP contribution in [0.3, 0.4) is 0 Å². The number of hydrogen-bond acceptors (Lipinski definition) is 4. The molecular formula is C16H34N4O2. The van der Waals surface area contributed by atoms with E-state index >= 15 is 0 Å². The van der Waals surface area contributed by atoms with Gasteiger partial charge in [0, 0.05) is 38.8 Å². The molecule has 6 heteroatoms. The van der Waals surface area contributed by atoms with Crippen LogP contribution in [0.15, 0.2) is 4.99 Å². The lowest BCUT2D eigenvalue weighted by atomic mass is 10.0. The van der Waals surface area contributed by atoms with Gasteiger partial charge in [0.2, 0.25) is 0 Å². The number of guanidine groups is 1. The van der Waals surface area contributed by atoms with Crippen LogP contribution in [0, 0.1) is 0 Å². The molecule has 0 radical (unpaired) electrons. The molecule has 1 fully saturated rings. The van der Waals surface area contributed by atoms with E-state index in [-0.39, 0.29) is 11.1 Å². The van der Waals surface area contributed by atoms with Gasteiger partial charge in [-0.15, -0.1) is 0 Å². The van der Waals surface area contributed by atoms with Crippen LogP contribution in [0.25, 0.3) is 0 Å². The maximum absolute atomic E-state index is 5.44. The fourth-order valence-electron chi connectivity index (χ4n) is 2.25. The average molecular weight is 314 g/mol. The lowest BCUT2D eigenvalue weighted by Gasteiger charge is -2.40. The number of ether oxygens (including phenoxy) is 2. The quantitative estimate of drug-likeness (QED) is 0.544. The summed E-state index contributed by atoms with van der Waals surface area (Å²) in [6.45, 7) is 16.6. The van der Waals surface area contributed by atoms with E-state index in [9.17, 15) is 0 Å². The summed E-state index contributed by atoms with van der Waals surface area (Å²) >= 11 is 0. The van der Waals surface area contributed by atoms with Gasteiger partial charge in [0.15, 0.2) is 5.96 Å². The van der Waals surface area contributed by atoms with Crippen LogP contribution >= 0.6 is 0 Å². The molecule has 1 aliphatic heterocycles. The summed E-state index contributed by atoms with van der Waals surface area (Å²) in [5.41, 5.74) is -0.182. The molecule has 0 spiro atoms. The van der Waals surface area contributed by atoms with E-state index in [0.717, 1.165) is 45.4 Å². The number of rotatable bonds is 7. The molecule has 0 aliphatic carbocycles. The van der Waals surface area contributed by atoms with Gasteiger partial charge >= 0.3 is 0 Å². The monoisotopic (exact) mass is 314 g/mol. The summed E-state index contributed by atoms with van der Waals surface area (Å²) in [6, 6.07) is 0. The Morgan fingerprint density at radius 3 is 2.36 bits per heavy atom. The predicted molar refractivity (Wildman–Crippen MR) is 91.5 cm³/mol. The Morgan fingerprint density at radius 2 is 1.82 bits per heavy atom. The Kier molecular flexibility index (Phi) is 7.59. The van der Waals surface area contributed by atoms with Gasteiger partial charge in [0.05, 0.1) is 25.4 Å². The van der Waals surface area contributed by atoms with E-state index in [1.807, 2.05) is 0 Å². The van der Waals surface area contributed by atoms with E-state index < -0.39 is 0 Å². The first-order chi connectivity index (χ1) is 10.3. The number of morpholine rings is 1. The van der Waals surface area contributed by atoms with Crippen LogP contribution in [0.4, 0.5) is 0 Å². The first-order valence-electron chi connectivity index (χ1n) is 8.21. The van der Waals surface area contributed by atoms with Crippen molar-refractivity contribution in [1.82, 2.24) is 15.5 Å². The van der Waals surface area contributed by atoms with E-state index in [1.165, 1.54) is 0 Å². The number of aliphatic imine (C=N–C) groups is 1. The molecule has 1 rings (SSSR count). The van der Waals surface area contributed by atoms with Crippen molar-refractivity contribution < 1.29 is 9.47 Å². The zero-order chi connectivity index (χ0) is 16.6. The molecular weight excluding hydrogens is 280 g/mol. The topological polar surface area (TPSA) is 58.1 Å². The zero-order valence-corrected chi connectivity index (χ0v) is 15.2. The second-order valence-corrected chi connectivity index (χ2v) is 6.92. The Labute approximate surface area is 135 Å². The van der Waals surface area contributed by atoms with Crippen molar-refractivity contribution >= 4 is 5.96 Å². The Balaban J connectivity index is 2.59. The number of methoxy groups -OCH3 is 1. The van der Waals surface area contributed by atoms with Crippen LogP contribution in [0.1, 0.15) is 34.6 Å². The molecule has 1 saturated heterocycles. The smallest absolute Gasteiger partial charge is 0.191 e. The molecule has 1 aliphatic rings. The fourth-order valence-corrected chi connectivity index (χ4v) is 2.25. The summed E-state index contributed by atoms with van der Waals surface area (Å²) in [5, 5.41) is 6.65. The van der Waals surface area contributed by atoms with Crippen LogP contribution in [-0.4, -0.2) is 75.0 Å². The minimum absolute atomic E-state index is 0.0307. The third-order valence-electron chi connectivity index (χ3n) is 4.07. The zero-order valence-electron chi connectivity index (χ0n) is 15.2. The van der Waals surface area contributed by atoms with Gasteiger partial charge < -0.3 is 20.1 Å². The van der Waals surface area contributed by atoms with Crippen molar-refractivity contribution in [2.24, 2.45) is 4.99 Å². The van der Waals surface area contributed by atoms with E-state index in [1.54, 1.807) is 7.11 Å². The first-order valence-corrected chi connectivity index (χ1v) is 8.21. The van der Waals surface area contributed by atoms with E-state index in [4.69, 9.17) is 14.5 Å². The Bertz CT molecular complexity index is 350. The second kappa shape index (κ2) is 8.70. The highest BCUT2D eigenvalue weighted by atomic mass is 16.5. The molecule has 0 amide bonds. The molecule has 22 heavy (non-hydrogen) atoms. The van der Waals surface area contributed by atoms with Crippen molar-refractivity contribution in [2.75, 3.05) is 53.0 Å². The van der Waals surface area contributed by atoms with Crippen LogP contribution in [-0.2, 0) is 9.47 Å².